The Labute approximate surface area is 148 Å². The van der Waals surface area contributed by atoms with Gasteiger partial charge in [-0.1, -0.05) is 12.1 Å². The predicted molar refractivity (Wildman–Crippen MR) is 95.2 cm³/mol. The van der Waals surface area contributed by atoms with Gasteiger partial charge in [0, 0.05) is 11.1 Å². The fourth-order valence-corrected chi connectivity index (χ4v) is 2.40. The van der Waals surface area contributed by atoms with Crippen LogP contribution in [0.15, 0.2) is 42.5 Å². The van der Waals surface area contributed by atoms with E-state index in [-0.39, 0.29) is 23.9 Å². The molecule has 0 aliphatic heterocycles. The van der Waals surface area contributed by atoms with Gasteiger partial charge in [0.25, 0.3) is 5.91 Å². The Bertz CT molecular complexity index is 713. The Kier molecular flexibility index (Phi) is 6.53. The lowest BCUT2D eigenvalue weighted by Gasteiger charge is -2.16. The van der Waals surface area contributed by atoms with E-state index in [2.05, 4.69) is 5.32 Å². The molecule has 1 amide bonds. The third-order valence-electron chi connectivity index (χ3n) is 3.83. The van der Waals surface area contributed by atoms with Crippen LogP contribution in [0.25, 0.3) is 0 Å². The average molecular weight is 345 g/mol. The molecule has 134 valence electrons. The molecule has 1 atom stereocenters. The summed E-state index contributed by atoms with van der Waals surface area (Å²) in [6.07, 6.45) is 0.0840. The third-order valence-corrected chi connectivity index (χ3v) is 3.83. The molecule has 2 aromatic rings. The molecule has 2 rings (SSSR count). The second-order valence-corrected chi connectivity index (χ2v) is 6.13. The molecule has 0 heterocycles. The van der Waals surface area contributed by atoms with Gasteiger partial charge in [-0.3, -0.25) is 4.79 Å². The highest BCUT2D eigenvalue weighted by molar-refractivity contribution is 5.94. The molecule has 1 unspecified atom stereocenters. The van der Waals surface area contributed by atoms with Crippen molar-refractivity contribution in [3.8, 4) is 5.75 Å². The van der Waals surface area contributed by atoms with Crippen molar-refractivity contribution in [1.82, 2.24) is 5.32 Å². The van der Waals surface area contributed by atoms with Gasteiger partial charge in [0.1, 0.15) is 11.6 Å². The molecule has 0 spiro atoms. The zero-order valence-electron chi connectivity index (χ0n) is 15.0. The summed E-state index contributed by atoms with van der Waals surface area (Å²) in [4.78, 5) is 12.5. The summed E-state index contributed by atoms with van der Waals surface area (Å²) < 4.78 is 24.0. The van der Waals surface area contributed by atoms with Crippen LogP contribution >= 0.6 is 0 Å². The standard InChI is InChI=1S/C20H24FNO3/c1-13(2)25-12-17-11-16(7-10-19(17)24-4)20(23)22-14(3)15-5-8-18(21)9-6-15/h5-11,13-14H,12H2,1-4H3,(H,22,23). The minimum absolute atomic E-state index is 0.0840. The Morgan fingerprint density at radius 1 is 1.12 bits per heavy atom. The highest BCUT2D eigenvalue weighted by atomic mass is 19.1. The van der Waals surface area contributed by atoms with E-state index in [1.165, 1.54) is 12.1 Å². The molecule has 0 saturated carbocycles. The number of carbonyl (C=O) groups excluding carboxylic acids is 1. The average Bonchev–Trinajstić information content (AvgIpc) is 2.60. The molecule has 0 saturated heterocycles. The van der Waals surface area contributed by atoms with E-state index in [0.29, 0.717) is 17.9 Å². The van der Waals surface area contributed by atoms with Crippen LogP contribution in [0.1, 0.15) is 48.3 Å². The van der Waals surface area contributed by atoms with Crippen LogP contribution in [0.3, 0.4) is 0 Å². The quantitative estimate of drug-likeness (QED) is 0.816. The zero-order chi connectivity index (χ0) is 18.4. The van der Waals surface area contributed by atoms with Gasteiger partial charge in [-0.15, -0.1) is 0 Å². The SMILES string of the molecule is COc1ccc(C(=O)NC(C)c2ccc(F)cc2)cc1COC(C)C. The first-order chi connectivity index (χ1) is 11.9. The topological polar surface area (TPSA) is 47.6 Å². The molecule has 25 heavy (non-hydrogen) atoms. The molecule has 2 aromatic carbocycles. The first kappa shape index (κ1) is 18.9. The molecular weight excluding hydrogens is 321 g/mol. The van der Waals surface area contributed by atoms with Crippen LogP contribution in [0.2, 0.25) is 0 Å². The normalized spacial score (nSPS) is 12.1. The lowest BCUT2D eigenvalue weighted by Crippen LogP contribution is -2.26. The lowest BCUT2D eigenvalue weighted by molar-refractivity contribution is 0.0644. The van der Waals surface area contributed by atoms with Crippen molar-refractivity contribution >= 4 is 5.91 Å². The molecule has 5 heteroatoms. The molecule has 0 aliphatic rings. The molecular formula is C20H24FNO3. The smallest absolute Gasteiger partial charge is 0.251 e. The summed E-state index contributed by atoms with van der Waals surface area (Å²) in [5, 5.41) is 2.92. The third kappa shape index (κ3) is 5.29. The van der Waals surface area contributed by atoms with Crippen LogP contribution in [0.4, 0.5) is 4.39 Å². The van der Waals surface area contributed by atoms with E-state index in [4.69, 9.17) is 9.47 Å². The molecule has 0 bridgehead atoms. The Morgan fingerprint density at radius 2 is 1.80 bits per heavy atom. The molecule has 0 fully saturated rings. The van der Waals surface area contributed by atoms with Crippen molar-refractivity contribution in [2.45, 2.75) is 39.5 Å². The summed E-state index contributed by atoms with van der Waals surface area (Å²) >= 11 is 0. The number of hydrogen-bond donors (Lipinski definition) is 1. The molecule has 4 nitrogen and oxygen atoms in total. The molecule has 0 radical (unpaired) electrons. The second kappa shape index (κ2) is 8.62. The van der Waals surface area contributed by atoms with E-state index < -0.39 is 0 Å². The largest absolute Gasteiger partial charge is 0.496 e. The monoisotopic (exact) mass is 345 g/mol. The highest BCUT2D eigenvalue weighted by Crippen LogP contribution is 2.22. The minimum Gasteiger partial charge on any atom is -0.496 e. The number of carbonyl (C=O) groups is 1. The van der Waals surface area contributed by atoms with Gasteiger partial charge in [-0.2, -0.15) is 0 Å². The highest BCUT2D eigenvalue weighted by Gasteiger charge is 2.14. The summed E-state index contributed by atoms with van der Waals surface area (Å²) in [6.45, 7) is 6.13. The number of halogens is 1. The zero-order valence-corrected chi connectivity index (χ0v) is 15.0. The number of benzene rings is 2. The van der Waals surface area contributed by atoms with Crippen LogP contribution in [0.5, 0.6) is 5.75 Å². The molecule has 0 aliphatic carbocycles. The first-order valence-corrected chi connectivity index (χ1v) is 8.25. The predicted octanol–water partition coefficient (Wildman–Crippen LogP) is 4.25. The van der Waals surface area contributed by atoms with Crippen LogP contribution in [-0.2, 0) is 11.3 Å². The maximum atomic E-state index is 13.0. The van der Waals surface area contributed by atoms with E-state index in [1.54, 1.807) is 37.4 Å². The fraction of sp³-hybridized carbons (Fsp3) is 0.350. The maximum absolute atomic E-state index is 13.0. The van der Waals surface area contributed by atoms with Gasteiger partial charge in [0.2, 0.25) is 0 Å². The van der Waals surface area contributed by atoms with Gasteiger partial charge in [0.15, 0.2) is 0 Å². The Hall–Kier alpha value is -2.40. The Morgan fingerprint density at radius 3 is 2.40 bits per heavy atom. The maximum Gasteiger partial charge on any atom is 0.251 e. The van der Waals surface area contributed by atoms with Crippen molar-refractivity contribution in [2.75, 3.05) is 7.11 Å². The van der Waals surface area contributed by atoms with Crippen molar-refractivity contribution in [3.63, 3.8) is 0 Å². The van der Waals surface area contributed by atoms with Crippen molar-refractivity contribution in [2.24, 2.45) is 0 Å². The Balaban J connectivity index is 2.12. The molecule has 0 aromatic heterocycles. The summed E-state index contributed by atoms with van der Waals surface area (Å²) in [5.74, 6) is 0.182. The van der Waals surface area contributed by atoms with E-state index in [0.717, 1.165) is 11.1 Å². The van der Waals surface area contributed by atoms with Crippen molar-refractivity contribution in [3.05, 3.63) is 65.0 Å². The van der Waals surface area contributed by atoms with Crippen LogP contribution < -0.4 is 10.1 Å². The van der Waals surface area contributed by atoms with E-state index >= 15 is 0 Å². The van der Waals surface area contributed by atoms with Crippen molar-refractivity contribution in [1.29, 1.82) is 0 Å². The number of methoxy groups -OCH3 is 1. The minimum atomic E-state index is -0.299. The van der Waals surface area contributed by atoms with Crippen molar-refractivity contribution < 1.29 is 18.7 Å². The summed E-state index contributed by atoms with van der Waals surface area (Å²) in [7, 11) is 1.59. The number of hydrogen-bond acceptors (Lipinski definition) is 3. The van der Waals surface area contributed by atoms with Gasteiger partial charge >= 0.3 is 0 Å². The van der Waals surface area contributed by atoms with Gasteiger partial charge in [0.05, 0.1) is 25.9 Å². The van der Waals surface area contributed by atoms with Crippen LogP contribution in [-0.4, -0.2) is 19.1 Å². The molecule has 1 N–H and O–H groups in total. The van der Waals surface area contributed by atoms with Crippen LogP contribution in [0, 0.1) is 5.82 Å². The number of nitrogens with one attached hydrogen (secondary N) is 1. The van der Waals surface area contributed by atoms with E-state index in [1.807, 2.05) is 20.8 Å². The van der Waals surface area contributed by atoms with E-state index in [9.17, 15) is 9.18 Å². The number of rotatable bonds is 7. The second-order valence-electron chi connectivity index (χ2n) is 6.13. The lowest BCUT2D eigenvalue weighted by atomic mass is 10.1. The first-order valence-electron chi connectivity index (χ1n) is 8.25. The number of amides is 1. The van der Waals surface area contributed by atoms with Gasteiger partial charge < -0.3 is 14.8 Å². The summed E-state index contributed by atoms with van der Waals surface area (Å²) in [5.41, 5.74) is 2.18. The fourth-order valence-electron chi connectivity index (χ4n) is 2.40. The summed E-state index contributed by atoms with van der Waals surface area (Å²) in [6, 6.07) is 11.1. The van der Waals surface area contributed by atoms with Gasteiger partial charge in [-0.05, 0) is 56.7 Å². The number of ether oxygens (including phenoxy) is 2. The van der Waals surface area contributed by atoms with Gasteiger partial charge in [-0.25, -0.2) is 4.39 Å².